The van der Waals surface area contributed by atoms with E-state index in [1.165, 1.54) is 15.6 Å². The van der Waals surface area contributed by atoms with Gasteiger partial charge in [0.2, 0.25) is 0 Å². The highest BCUT2D eigenvalue weighted by molar-refractivity contribution is 7.11. The molecule has 1 aromatic heterocycles. The minimum atomic E-state index is -2.55. The molecular formula is C38H34O2Si. The molecule has 41 heavy (non-hydrogen) atoms. The molecule has 6 aromatic rings. The predicted octanol–water partition coefficient (Wildman–Crippen LogP) is 7.66. The fourth-order valence-electron chi connectivity index (χ4n) is 6.27. The van der Waals surface area contributed by atoms with Gasteiger partial charge in [-0.25, -0.2) is 0 Å². The monoisotopic (exact) mass is 550 g/mol. The smallest absolute Gasteiger partial charge is 0.163 e. The van der Waals surface area contributed by atoms with Gasteiger partial charge in [0, 0.05) is 23.3 Å². The van der Waals surface area contributed by atoms with E-state index in [9.17, 15) is 4.79 Å². The van der Waals surface area contributed by atoms with Gasteiger partial charge in [-0.2, -0.15) is 0 Å². The molecule has 6 rings (SSSR count). The molecule has 2 nitrogen and oxygen atoms in total. The van der Waals surface area contributed by atoms with Crippen LogP contribution < -0.4 is 15.6 Å². The summed E-state index contributed by atoms with van der Waals surface area (Å²) in [6.07, 6.45) is 1.18. The van der Waals surface area contributed by atoms with Gasteiger partial charge in [0.05, 0.1) is 0 Å². The molecule has 0 fully saturated rings. The first-order valence-electron chi connectivity index (χ1n) is 14.4. The van der Waals surface area contributed by atoms with Crippen molar-refractivity contribution in [1.82, 2.24) is 0 Å². The van der Waals surface area contributed by atoms with Crippen LogP contribution in [0.15, 0.2) is 150 Å². The van der Waals surface area contributed by atoms with Crippen molar-refractivity contribution in [3.05, 3.63) is 162 Å². The van der Waals surface area contributed by atoms with Crippen LogP contribution in [-0.4, -0.2) is 13.9 Å². The van der Waals surface area contributed by atoms with Gasteiger partial charge in [-0.3, -0.25) is 4.79 Å². The topological polar surface area (TPSA) is 30.2 Å². The van der Waals surface area contributed by atoms with Crippen molar-refractivity contribution < 1.29 is 9.21 Å². The van der Waals surface area contributed by atoms with Crippen LogP contribution in [0.3, 0.4) is 0 Å². The third-order valence-corrected chi connectivity index (χ3v) is 13.4. The van der Waals surface area contributed by atoms with E-state index in [1.807, 2.05) is 43.3 Å². The Morgan fingerprint density at radius 2 is 1.17 bits per heavy atom. The Bertz CT molecular complexity index is 1610. The lowest BCUT2D eigenvalue weighted by Gasteiger charge is -2.36. The summed E-state index contributed by atoms with van der Waals surface area (Å²) in [5, 5.41) is 5.19. The molecule has 0 N–H and O–H groups in total. The summed E-state index contributed by atoms with van der Waals surface area (Å²) in [4.78, 5) is 13.5. The van der Waals surface area contributed by atoms with E-state index in [2.05, 4.69) is 109 Å². The molecule has 3 heteroatoms. The number of benzene rings is 5. The second kappa shape index (κ2) is 12.0. The van der Waals surface area contributed by atoms with Crippen molar-refractivity contribution in [3.63, 3.8) is 0 Å². The second-order valence-electron chi connectivity index (χ2n) is 10.9. The standard InChI is InChI=1S/C38H34O2Si/c1-29-15-11-13-23-35(29)36(39)26-25-31(38-27-30-16-12-14-24-37(30)40-38)28-41(32-17-5-2-6-18-32,33-19-7-3-8-20-33)34-21-9-4-10-22-34/h2-24,27,31H,25-26,28H2,1H3. The second-order valence-corrected chi connectivity index (χ2v) is 14.8. The highest BCUT2D eigenvalue weighted by Crippen LogP contribution is 2.35. The van der Waals surface area contributed by atoms with Crippen LogP contribution in [0.2, 0.25) is 6.04 Å². The van der Waals surface area contributed by atoms with Crippen LogP contribution in [0.4, 0.5) is 0 Å². The Morgan fingerprint density at radius 3 is 1.73 bits per heavy atom. The van der Waals surface area contributed by atoms with Crippen molar-refractivity contribution in [1.29, 1.82) is 0 Å². The summed E-state index contributed by atoms with van der Waals surface area (Å²) < 4.78 is 6.56. The van der Waals surface area contributed by atoms with Gasteiger partial charge < -0.3 is 4.42 Å². The maximum absolute atomic E-state index is 13.5. The number of furan rings is 1. The number of ketones is 1. The molecule has 1 unspecified atom stereocenters. The number of Topliss-reactive ketones (excluding diaryl/α,β-unsaturated/α-hetero) is 1. The van der Waals surface area contributed by atoms with E-state index in [1.54, 1.807) is 0 Å². The zero-order valence-corrected chi connectivity index (χ0v) is 24.4. The Hall–Kier alpha value is -4.47. The van der Waals surface area contributed by atoms with E-state index in [0.29, 0.717) is 12.8 Å². The molecule has 0 saturated heterocycles. The van der Waals surface area contributed by atoms with Crippen LogP contribution in [0.5, 0.6) is 0 Å². The Kier molecular flexibility index (Phi) is 7.79. The first kappa shape index (κ1) is 26.7. The molecular weight excluding hydrogens is 517 g/mol. The molecule has 0 amide bonds. The summed E-state index contributed by atoms with van der Waals surface area (Å²) in [6, 6.07) is 52.2. The van der Waals surface area contributed by atoms with Crippen LogP contribution in [0, 0.1) is 6.92 Å². The van der Waals surface area contributed by atoms with E-state index in [4.69, 9.17) is 4.42 Å². The van der Waals surface area contributed by atoms with Gasteiger partial charge in [-0.05, 0) is 52.6 Å². The minimum absolute atomic E-state index is 0.0580. The zero-order chi connectivity index (χ0) is 28.1. The van der Waals surface area contributed by atoms with E-state index < -0.39 is 8.07 Å². The molecule has 0 radical (unpaired) electrons. The van der Waals surface area contributed by atoms with Gasteiger partial charge in [-0.1, -0.05) is 133 Å². The molecule has 0 bridgehead atoms. The number of hydrogen-bond donors (Lipinski definition) is 0. The lowest BCUT2D eigenvalue weighted by atomic mass is 9.96. The first-order valence-corrected chi connectivity index (χ1v) is 16.6. The first-order chi connectivity index (χ1) is 20.1. The van der Waals surface area contributed by atoms with E-state index >= 15 is 0 Å². The Balaban J connectivity index is 1.49. The number of para-hydroxylation sites is 1. The van der Waals surface area contributed by atoms with E-state index in [0.717, 1.165) is 33.9 Å². The largest absolute Gasteiger partial charge is 0.461 e. The van der Waals surface area contributed by atoms with Gasteiger partial charge in [0.1, 0.15) is 19.4 Å². The normalized spacial score (nSPS) is 12.3. The fraction of sp³-hybridized carbons (Fsp3) is 0.132. The van der Waals surface area contributed by atoms with Crippen LogP contribution >= 0.6 is 0 Å². The van der Waals surface area contributed by atoms with Crippen molar-refractivity contribution in [2.24, 2.45) is 0 Å². The molecule has 1 atom stereocenters. The molecule has 1 heterocycles. The SMILES string of the molecule is Cc1ccccc1C(=O)CCC(C[Si](c1ccccc1)(c1ccccc1)c1ccccc1)c1cc2ccccc2o1. The highest BCUT2D eigenvalue weighted by atomic mass is 28.3. The molecule has 0 saturated carbocycles. The zero-order valence-electron chi connectivity index (χ0n) is 23.4. The molecule has 5 aromatic carbocycles. The van der Waals surface area contributed by atoms with Crippen LogP contribution in [0.1, 0.15) is 40.4 Å². The molecule has 0 spiro atoms. The maximum atomic E-state index is 13.5. The summed E-state index contributed by atoms with van der Waals surface area (Å²) in [7, 11) is -2.55. The van der Waals surface area contributed by atoms with Gasteiger partial charge >= 0.3 is 0 Å². The number of carbonyl (C=O) groups is 1. The number of carbonyl (C=O) groups excluding carboxylic acids is 1. The summed E-state index contributed by atoms with van der Waals surface area (Å²) in [5.74, 6) is 1.21. The van der Waals surface area contributed by atoms with Crippen molar-refractivity contribution in [2.75, 3.05) is 0 Å². The van der Waals surface area contributed by atoms with Crippen LogP contribution in [0.25, 0.3) is 11.0 Å². The van der Waals surface area contributed by atoms with Gasteiger partial charge in [0.25, 0.3) is 0 Å². The molecule has 0 aliphatic carbocycles. The summed E-state index contributed by atoms with van der Waals surface area (Å²) in [6.45, 7) is 2.02. The number of fused-ring (bicyclic) bond motifs is 1. The van der Waals surface area contributed by atoms with Gasteiger partial charge in [-0.15, -0.1) is 0 Å². The number of hydrogen-bond acceptors (Lipinski definition) is 2. The van der Waals surface area contributed by atoms with Crippen molar-refractivity contribution >= 4 is 40.4 Å². The molecule has 0 aliphatic heterocycles. The third kappa shape index (κ3) is 5.46. The Labute approximate surface area is 243 Å². The molecule has 0 aliphatic rings. The number of aryl methyl sites for hydroxylation is 1. The fourth-order valence-corrected chi connectivity index (χ4v) is 11.4. The molecule has 202 valence electrons. The lowest BCUT2D eigenvalue weighted by molar-refractivity contribution is 0.0976. The highest BCUT2D eigenvalue weighted by Gasteiger charge is 2.42. The van der Waals surface area contributed by atoms with Crippen molar-refractivity contribution in [2.45, 2.75) is 31.7 Å². The maximum Gasteiger partial charge on any atom is 0.163 e. The quantitative estimate of drug-likeness (QED) is 0.0996. The van der Waals surface area contributed by atoms with Gasteiger partial charge in [0.15, 0.2) is 5.78 Å². The van der Waals surface area contributed by atoms with Crippen molar-refractivity contribution in [3.8, 4) is 0 Å². The predicted molar refractivity (Wildman–Crippen MR) is 172 cm³/mol. The van der Waals surface area contributed by atoms with E-state index in [-0.39, 0.29) is 11.7 Å². The lowest BCUT2D eigenvalue weighted by Crippen LogP contribution is -2.67. The minimum Gasteiger partial charge on any atom is -0.461 e. The average molecular weight is 551 g/mol. The van der Waals surface area contributed by atoms with Crippen LogP contribution in [-0.2, 0) is 0 Å². The summed E-state index contributed by atoms with van der Waals surface area (Å²) >= 11 is 0. The average Bonchev–Trinajstić information content (AvgIpc) is 3.47. The number of rotatable bonds is 10. The third-order valence-electron chi connectivity index (χ3n) is 8.36. The summed E-state index contributed by atoms with van der Waals surface area (Å²) in [5.41, 5.74) is 2.73. The Morgan fingerprint density at radius 1 is 0.659 bits per heavy atom.